The predicted molar refractivity (Wildman–Crippen MR) is 57.5 cm³/mol. The Kier molecular flexibility index (Phi) is 3.64. The Labute approximate surface area is 94.2 Å². The fourth-order valence-corrected chi connectivity index (χ4v) is 1.28. The summed E-state index contributed by atoms with van der Waals surface area (Å²) >= 11 is 0. The van der Waals surface area contributed by atoms with E-state index in [1.165, 1.54) is 0 Å². The van der Waals surface area contributed by atoms with E-state index in [-0.39, 0.29) is 18.2 Å². The Hall–Kier alpha value is -1.43. The van der Waals surface area contributed by atoms with Crippen LogP contribution in [-0.2, 0) is 14.4 Å². The largest absolute Gasteiger partial charge is 0.343 e. The Morgan fingerprint density at radius 2 is 2.06 bits per heavy atom. The summed E-state index contributed by atoms with van der Waals surface area (Å²) in [5.41, 5.74) is -0.734. The molecule has 6 nitrogen and oxygen atoms in total. The molecule has 1 aliphatic heterocycles. The average Bonchev–Trinajstić information content (AvgIpc) is 2.22. The molecule has 0 spiro atoms. The highest BCUT2D eigenvalue weighted by molar-refractivity contribution is 6.02. The van der Waals surface area contributed by atoms with Crippen molar-refractivity contribution in [2.24, 2.45) is 0 Å². The van der Waals surface area contributed by atoms with Crippen molar-refractivity contribution < 1.29 is 14.4 Å². The van der Waals surface area contributed by atoms with Crippen molar-refractivity contribution in [3.8, 4) is 0 Å². The minimum absolute atomic E-state index is 0.260. The molecule has 0 saturated carbocycles. The molecule has 0 aromatic rings. The number of likely N-dealkylation sites (N-methyl/N-ethyl adjacent to an activating group) is 1. The van der Waals surface area contributed by atoms with Gasteiger partial charge in [-0.3, -0.25) is 19.7 Å². The van der Waals surface area contributed by atoms with E-state index in [2.05, 4.69) is 16.0 Å². The van der Waals surface area contributed by atoms with Gasteiger partial charge in [-0.15, -0.1) is 0 Å². The highest BCUT2D eigenvalue weighted by Crippen LogP contribution is 2.07. The van der Waals surface area contributed by atoms with Gasteiger partial charge in [-0.05, 0) is 27.3 Å². The van der Waals surface area contributed by atoms with Crippen molar-refractivity contribution in [1.29, 1.82) is 0 Å². The first-order chi connectivity index (χ1) is 7.36. The van der Waals surface area contributed by atoms with Crippen LogP contribution in [-0.4, -0.2) is 36.3 Å². The predicted octanol–water partition coefficient (Wildman–Crippen LogP) is -1.09. The van der Waals surface area contributed by atoms with Gasteiger partial charge in [0.15, 0.2) is 0 Å². The molecule has 3 amide bonds. The van der Waals surface area contributed by atoms with Crippen molar-refractivity contribution >= 4 is 17.7 Å². The standard InChI is InChI=1S/C10H17N3O3/c1-10(2,11-3)9(16)12-6-4-5-7(14)13-8(6)15/h6,11H,4-5H2,1-3H3,(H,12,16)(H,13,14,15). The monoisotopic (exact) mass is 227 g/mol. The van der Waals surface area contributed by atoms with E-state index in [1.54, 1.807) is 20.9 Å². The first-order valence-electron chi connectivity index (χ1n) is 5.20. The number of imide groups is 1. The van der Waals surface area contributed by atoms with Crippen molar-refractivity contribution in [1.82, 2.24) is 16.0 Å². The minimum atomic E-state index is -0.734. The first-order valence-corrected chi connectivity index (χ1v) is 5.20. The van der Waals surface area contributed by atoms with Gasteiger partial charge in [0.1, 0.15) is 6.04 Å². The SMILES string of the molecule is CNC(C)(C)C(=O)NC1CCC(=O)NC1=O. The van der Waals surface area contributed by atoms with E-state index < -0.39 is 17.5 Å². The highest BCUT2D eigenvalue weighted by atomic mass is 16.2. The number of carbonyl (C=O) groups is 3. The number of carbonyl (C=O) groups excluding carboxylic acids is 3. The van der Waals surface area contributed by atoms with Crippen LogP contribution in [0, 0.1) is 0 Å². The van der Waals surface area contributed by atoms with Gasteiger partial charge < -0.3 is 10.6 Å². The second-order valence-electron chi connectivity index (χ2n) is 4.35. The molecule has 1 saturated heterocycles. The zero-order chi connectivity index (χ0) is 12.3. The molecule has 16 heavy (non-hydrogen) atoms. The third kappa shape index (κ3) is 2.79. The molecule has 0 bridgehead atoms. The van der Waals surface area contributed by atoms with Gasteiger partial charge in [-0.1, -0.05) is 0 Å². The molecule has 1 rings (SSSR count). The molecule has 6 heteroatoms. The van der Waals surface area contributed by atoms with E-state index in [0.29, 0.717) is 6.42 Å². The molecule has 1 heterocycles. The lowest BCUT2D eigenvalue weighted by atomic mass is 10.0. The zero-order valence-corrected chi connectivity index (χ0v) is 9.72. The van der Waals surface area contributed by atoms with Gasteiger partial charge in [-0.25, -0.2) is 0 Å². The first kappa shape index (κ1) is 12.6. The summed E-state index contributed by atoms with van der Waals surface area (Å²) in [7, 11) is 1.67. The van der Waals surface area contributed by atoms with Crippen LogP contribution in [0.4, 0.5) is 0 Å². The van der Waals surface area contributed by atoms with Gasteiger partial charge in [-0.2, -0.15) is 0 Å². The van der Waals surface area contributed by atoms with Gasteiger partial charge in [0.2, 0.25) is 17.7 Å². The van der Waals surface area contributed by atoms with Gasteiger partial charge in [0.25, 0.3) is 0 Å². The Balaban J connectivity index is 2.58. The lowest BCUT2D eigenvalue weighted by molar-refractivity contribution is -0.138. The number of amides is 3. The van der Waals surface area contributed by atoms with Crippen molar-refractivity contribution in [2.75, 3.05) is 7.05 Å². The summed E-state index contributed by atoms with van der Waals surface area (Å²) in [5.74, 6) is -0.982. The molecule has 1 fully saturated rings. The minimum Gasteiger partial charge on any atom is -0.343 e. The van der Waals surface area contributed by atoms with E-state index in [4.69, 9.17) is 0 Å². The van der Waals surface area contributed by atoms with Crippen LogP contribution in [0.15, 0.2) is 0 Å². The van der Waals surface area contributed by atoms with E-state index in [1.807, 2.05) is 0 Å². The third-order valence-electron chi connectivity index (χ3n) is 2.74. The summed E-state index contributed by atoms with van der Waals surface area (Å²) in [6.45, 7) is 3.43. The lowest BCUT2D eigenvalue weighted by Crippen LogP contribution is -2.58. The molecular formula is C10H17N3O3. The molecule has 0 aliphatic carbocycles. The van der Waals surface area contributed by atoms with Crippen LogP contribution in [0.3, 0.4) is 0 Å². The summed E-state index contributed by atoms with van der Waals surface area (Å²) < 4.78 is 0. The Bertz CT molecular complexity index is 325. The van der Waals surface area contributed by atoms with Crippen LogP contribution < -0.4 is 16.0 Å². The Morgan fingerprint density at radius 3 is 2.56 bits per heavy atom. The number of nitrogens with one attached hydrogen (secondary N) is 3. The summed E-state index contributed by atoms with van der Waals surface area (Å²) in [4.78, 5) is 34.0. The molecule has 90 valence electrons. The van der Waals surface area contributed by atoms with Gasteiger partial charge >= 0.3 is 0 Å². The molecule has 1 atom stereocenters. The second-order valence-corrected chi connectivity index (χ2v) is 4.35. The highest BCUT2D eigenvalue weighted by Gasteiger charge is 2.32. The Morgan fingerprint density at radius 1 is 1.44 bits per heavy atom. The summed E-state index contributed by atoms with van der Waals surface area (Å²) in [6, 6.07) is -0.613. The van der Waals surface area contributed by atoms with Crippen molar-refractivity contribution in [3.63, 3.8) is 0 Å². The van der Waals surface area contributed by atoms with Crippen molar-refractivity contribution in [2.45, 2.75) is 38.3 Å². The quantitative estimate of drug-likeness (QED) is 0.534. The van der Waals surface area contributed by atoms with Crippen LogP contribution >= 0.6 is 0 Å². The number of hydrogen-bond donors (Lipinski definition) is 3. The molecule has 1 aliphatic rings. The fourth-order valence-electron chi connectivity index (χ4n) is 1.28. The van der Waals surface area contributed by atoms with Crippen LogP contribution in [0.5, 0.6) is 0 Å². The van der Waals surface area contributed by atoms with Crippen LogP contribution in [0.1, 0.15) is 26.7 Å². The van der Waals surface area contributed by atoms with E-state index in [0.717, 1.165) is 0 Å². The maximum absolute atomic E-state index is 11.8. The van der Waals surface area contributed by atoms with Crippen LogP contribution in [0.25, 0.3) is 0 Å². The summed E-state index contributed by atoms with van der Waals surface area (Å²) in [6.07, 6.45) is 0.618. The molecular weight excluding hydrogens is 210 g/mol. The fraction of sp³-hybridized carbons (Fsp3) is 0.700. The van der Waals surface area contributed by atoms with Gasteiger partial charge in [0.05, 0.1) is 5.54 Å². The maximum Gasteiger partial charge on any atom is 0.249 e. The van der Waals surface area contributed by atoms with Crippen molar-refractivity contribution in [3.05, 3.63) is 0 Å². The third-order valence-corrected chi connectivity index (χ3v) is 2.74. The molecule has 3 N–H and O–H groups in total. The van der Waals surface area contributed by atoms with Gasteiger partial charge in [0, 0.05) is 6.42 Å². The van der Waals surface area contributed by atoms with Crippen LogP contribution in [0.2, 0.25) is 0 Å². The average molecular weight is 227 g/mol. The number of hydrogen-bond acceptors (Lipinski definition) is 4. The molecule has 0 aromatic carbocycles. The van der Waals surface area contributed by atoms with E-state index >= 15 is 0 Å². The number of rotatable bonds is 3. The smallest absolute Gasteiger partial charge is 0.249 e. The summed E-state index contributed by atoms with van der Waals surface area (Å²) in [5, 5.41) is 7.65. The topological polar surface area (TPSA) is 87.3 Å². The van der Waals surface area contributed by atoms with E-state index in [9.17, 15) is 14.4 Å². The lowest BCUT2D eigenvalue weighted by Gasteiger charge is -2.28. The zero-order valence-electron chi connectivity index (χ0n) is 9.72. The number of piperidine rings is 1. The molecule has 0 aromatic heterocycles. The molecule has 0 radical (unpaired) electrons. The normalized spacial score (nSPS) is 21.6. The maximum atomic E-state index is 11.8. The molecule has 1 unspecified atom stereocenters. The second kappa shape index (κ2) is 4.61.